The highest BCUT2D eigenvalue weighted by molar-refractivity contribution is 5.81. The number of fused-ring (bicyclic) bond motifs is 1. The largest absolute Gasteiger partial charge is 0.345 e. The fourth-order valence-corrected chi connectivity index (χ4v) is 1.64. The third kappa shape index (κ3) is 1.69. The van der Waals surface area contributed by atoms with Gasteiger partial charge in [0.1, 0.15) is 11.3 Å². The number of hydrogen-bond acceptors (Lipinski definition) is 3. The average molecular weight is 221 g/mol. The Kier molecular flexibility index (Phi) is 2.70. The molecule has 84 valence electrons. The Morgan fingerprint density at radius 1 is 1.50 bits per heavy atom. The summed E-state index contributed by atoms with van der Waals surface area (Å²) < 4.78 is 13.5. The lowest BCUT2D eigenvalue weighted by molar-refractivity contribution is 0.624. The zero-order valence-corrected chi connectivity index (χ0v) is 9.04. The molecule has 0 aliphatic carbocycles. The average Bonchev–Trinajstić information content (AvgIpc) is 2.28. The normalized spacial score (nSPS) is 12.9. The minimum atomic E-state index is -0.533. The molecule has 0 amide bonds. The van der Waals surface area contributed by atoms with Gasteiger partial charge < -0.3 is 10.3 Å². The number of halogens is 1. The highest BCUT2D eigenvalue weighted by atomic mass is 19.1. The van der Waals surface area contributed by atoms with Crippen molar-refractivity contribution in [1.29, 1.82) is 0 Å². The highest BCUT2D eigenvalue weighted by Gasteiger charge is 2.12. The maximum atomic E-state index is 13.5. The molecule has 0 bridgehead atoms. The zero-order valence-electron chi connectivity index (χ0n) is 9.04. The van der Waals surface area contributed by atoms with Gasteiger partial charge in [-0.15, -0.1) is 0 Å². The van der Waals surface area contributed by atoms with Gasteiger partial charge in [0.15, 0.2) is 0 Å². The van der Waals surface area contributed by atoms with Crippen molar-refractivity contribution in [2.24, 2.45) is 0 Å². The van der Waals surface area contributed by atoms with Crippen LogP contribution in [0.25, 0.3) is 10.9 Å². The molecule has 0 fully saturated rings. The van der Waals surface area contributed by atoms with Gasteiger partial charge in [0.25, 0.3) is 0 Å². The predicted molar refractivity (Wildman–Crippen MR) is 59.8 cm³/mol. The van der Waals surface area contributed by atoms with Crippen molar-refractivity contribution in [2.45, 2.75) is 13.0 Å². The Labute approximate surface area is 91.5 Å². The number of nitrogens with one attached hydrogen (secondary N) is 2. The van der Waals surface area contributed by atoms with Crippen LogP contribution in [0.1, 0.15) is 18.7 Å². The fraction of sp³-hybridized carbons (Fsp3) is 0.273. The Bertz CT molecular complexity index is 579. The number of H-pyrrole nitrogens is 1. The first kappa shape index (κ1) is 10.8. The maximum Gasteiger partial charge on any atom is 0.345 e. The van der Waals surface area contributed by atoms with Gasteiger partial charge >= 0.3 is 5.69 Å². The van der Waals surface area contributed by atoms with E-state index in [0.29, 0.717) is 11.1 Å². The summed E-state index contributed by atoms with van der Waals surface area (Å²) >= 11 is 0. The molecular formula is C11H12FN3O. The molecule has 2 N–H and O–H groups in total. The summed E-state index contributed by atoms with van der Waals surface area (Å²) in [6, 6.07) is 4.57. The van der Waals surface area contributed by atoms with Crippen molar-refractivity contribution in [3.8, 4) is 0 Å². The number of rotatable bonds is 2. The van der Waals surface area contributed by atoms with Crippen molar-refractivity contribution >= 4 is 10.9 Å². The molecule has 0 aliphatic rings. The van der Waals surface area contributed by atoms with E-state index in [4.69, 9.17) is 0 Å². The molecule has 4 nitrogen and oxygen atoms in total. The van der Waals surface area contributed by atoms with Crippen molar-refractivity contribution in [2.75, 3.05) is 7.05 Å². The second-order valence-electron chi connectivity index (χ2n) is 3.60. The van der Waals surface area contributed by atoms with E-state index < -0.39 is 11.5 Å². The third-order valence-electron chi connectivity index (χ3n) is 2.60. The summed E-state index contributed by atoms with van der Waals surface area (Å²) in [6.45, 7) is 1.88. The van der Waals surface area contributed by atoms with Gasteiger partial charge in [-0.05, 0) is 20.0 Å². The van der Waals surface area contributed by atoms with E-state index in [-0.39, 0.29) is 11.6 Å². The van der Waals surface area contributed by atoms with Crippen LogP contribution < -0.4 is 11.0 Å². The van der Waals surface area contributed by atoms with Crippen LogP contribution >= 0.6 is 0 Å². The molecule has 1 aromatic heterocycles. The first-order chi connectivity index (χ1) is 7.63. The zero-order chi connectivity index (χ0) is 11.7. The van der Waals surface area contributed by atoms with Gasteiger partial charge in [0, 0.05) is 17.1 Å². The molecule has 0 saturated carbocycles. The number of aromatic amines is 1. The second kappa shape index (κ2) is 4.02. The Balaban J connectivity index is 2.83. The van der Waals surface area contributed by atoms with Crippen LogP contribution in [0.3, 0.4) is 0 Å². The lowest BCUT2D eigenvalue weighted by Crippen LogP contribution is -2.21. The molecule has 0 saturated heterocycles. The van der Waals surface area contributed by atoms with Gasteiger partial charge in [0.05, 0.1) is 0 Å². The lowest BCUT2D eigenvalue weighted by Gasteiger charge is -2.12. The summed E-state index contributed by atoms with van der Waals surface area (Å²) in [5.41, 5.74) is 0.232. The van der Waals surface area contributed by atoms with Gasteiger partial charge in [0.2, 0.25) is 0 Å². The van der Waals surface area contributed by atoms with E-state index in [1.54, 1.807) is 19.2 Å². The third-order valence-corrected chi connectivity index (χ3v) is 2.60. The van der Waals surface area contributed by atoms with E-state index in [0.717, 1.165) is 0 Å². The first-order valence-electron chi connectivity index (χ1n) is 4.99. The lowest BCUT2D eigenvalue weighted by atomic mass is 10.1. The summed E-state index contributed by atoms with van der Waals surface area (Å²) in [4.78, 5) is 17.6. The monoisotopic (exact) mass is 221 g/mol. The Morgan fingerprint density at radius 2 is 2.25 bits per heavy atom. The van der Waals surface area contributed by atoms with Crippen LogP contribution in [-0.2, 0) is 0 Å². The number of benzene rings is 1. The van der Waals surface area contributed by atoms with Crippen LogP contribution in [0, 0.1) is 5.82 Å². The molecule has 1 unspecified atom stereocenters. The summed E-state index contributed by atoms with van der Waals surface area (Å²) in [7, 11) is 1.77. The molecular weight excluding hydrogens is 209 g/mol. The maximum absolute atomic E-state index is 13.5. The summed E-state index contributed by atoms with van der Waals surface area (Å²) in [6.07, 6.45) is 0. The van der Waals surface area contributed by atoms with E-state index in [1.165, 1.54) is 6.07 Å². The first-order valence-corrected chi connectivity index (χ1v) is 4.99. The SMILES string of the molecule is CNC(C)c1[nH]c(=O)nc2c(F)cccc12. The van der Waals surface area contributed by atoms with E-state index in [1.807, 2.05) is 6.92 Å². The molecule has 0 aliphatic heterocycles. The second-order valence-corrected chi connectivity index (χ2v) is 3.60. The minimum absolute atomic E-state index is 0.0694. The standard InChI is InChI=1S/C11H12FN3O/c1-6(13-2)9-7-4-3-5-8(12)10(7)15-11(16)14-9/h3-6,13H,1-2H3,(H,14,15,16). The summed E-state index contributed by atoms with van der Waals surface area (Å²) in [5, 5.41) is 3.63. The van der Waals surface area contributed by atoms with Crippen LogP contribution in [0.4, 0.5) is 4.39 Å². The van der Waals surface area contributed by atoms with Crippen LogP contribution in [0.15, 0.2) is 23.0 Å². The van der Waals surface area contributed by atoms with E-state index in [9.17, 15) is 9.18 Å². The summed E-state index contributed by atoms with van der Waals surface area (Å²) in [5.74, 6) is -0.479. The number of hydrogen-bond donors (Lipinski definition) is 2. The van der Waals surface area contributed by atoms with Gasteiger partial charge in [-0.1, -0.05) is 12.1 Å². The number of para-hydroxylation sites is 1. The minimum Gasteiger partial charge on any atom is -0.312 e. The van der Waals surface area contributed by atoms with Gasteiger partial charge in [-0.3, -0.25) is 0 Å². The van der Waals surface area contributed by atoms with E-state index >= 15 is 0 Å². The molecule has 5 heteroatoms. The molecule has 2 aromatic rings. The number of aromatic nitrogens is 2. The van der Waals surface area contributed by atoms with Crippen molar-refractivity contribution in [3.63, 3.8) is 0 Å². The van der Waals surface area contributed by atoms with E-state index in [2.05, 4.69) is 15.3 Å². The van der Waals surface area contributed by atoms with Crippen molar-refractivity contribution in [1.82, 2.24) is 15.3 Å². The molecule has 0 radical (unpaired) electrons. The highest BCUT2D eigenvalue weighted by Crippen LogP contribution is 2.20. The quantitative estimate of drug-likeness (QED) is 0.804. The smallest absolute Gasteiger partial charge is 0.312 e. The predicted octanol–water partition coefficient (Wildman–Crippen LogP) is 1.34. The molecule has 1 heterocycles. The molecule has 2 rings (SSSR count). The number of nitrogens with zero attached hydrogens (tertiary/aromatic N) is 1. The van der Waals surface area contributed by atoms with Gasteiger partial charge in [-0.25, -0.2) is 9.18 Å². The van der Waals surface area contributed by atoms with Crippen LogP contribution in [-0.4, -0.2) is 17.0 Å². The van der Waals surface area contributed by atoms with Crippen molar-refractivity contribution in [3.05, 3.63) is 40.2 Å². The van der Waals surface area contributed by atoms with Crippen LogP contribution in [0.5, 0.6) is 0 Å². The molecule has 0 spiro atoms. The molecule has 16 heavy (non-hydrogen) atoms. The van der Waals surface area contributed by atoms with Crippen molar-refractivity contribution < 1.29 is 4.39 Å². The van der Waals surface area contributed by atoms with Gasteiger partial charge in [-0.2, -0.15) is 4.98 Å². The molecule has 1 atom stereocenters. The Hall–Kier alpha value is -1.75. The topological polar surface area (TPSA) is 57.8 Å². The fourth-order valence-electron chi connectivity index (χ4n) is 1.64. The Morgan fingerprint density at radius 3 is 2.94 bits per heavy atom. The van der Waals surface area contributed by atoms with Crippen LogP contribution in [0.2, 0.25) is 0 Å². The molecule has 1 aromatic carbocycles.